The molecule has 0 aliphatic heterocycles. The molecule has 0 aliphatic carbocycles. The van der Waals surface area contributed by atoms with E-state index in [4.69, 9.17) is 0 Å². The molecule has 0 saturated heterocycles. The lowest BCUT2D eigenvalue weighted by atomic mass is 10.1. The van der Waals surface area contributed by atoms with Gasteiger partial charge in [0.15, 0.2) is 0 Å². The number of thiophene rings is 1. The van der Waals surface area contributed by atoms with Gasteiger partial charge < -0.3 is 0 Å². The summed E-state index contributed by atoms with van der Waals surface area (Å²) < 4.78 is 1.21. The predicted molar refractivity (Wildman–Crippen MR) is 70.2 cm³/mol. The molecule has 0 N–H and O–H groups in total. The van der Waals surface area contributed by atoms with Gasteiger partial charge in [0.25, 0.3) is 0 Å². The molecule has 0 spiro atoms. The van der Waals surface area contributed by atoms with Crippen LogP contribution in [-0.2, 0) is 11.2 Å². The highest BCUT2D eigenvalue weighted by molar-refractivity contribution is 8.01. The van der Waals surface area contributed by atoms with Gasteiger partial charge in [-0.2, -0.15) is 0 Å². The van der Waals surface area contributed by atoms with Crippen molar-refractivity contribution in [2.75, 3.05) is 5.75 Å². The SMILES string of the molecule is O=C(CSc1cccs1)Cc1ccccc1. The minimum Gasteiger partial charge on any atom is -0.298 e. The molecule has 0 aliphatic rings. The maximum atomic E-state index is 11.7. The van der Waals surface area contributed by atoms with Crippen molar-refractivity contribution in [3.05, 3.63) is 53.4 Å². The normalized spacial score (nSPS) is 10.2. The van der Waals surface area contributed by atoms with E-state index < -0.39 is 0 Å². The van der Waals surface area contributed by atoms with Gasteiger partial charge in [0.1, 0.15) is 5.78 Å². The summed E-state index contributed by atoms with van der Waals surface area (Å²) in [5, 5.41) is 2.03. The summed E-state index contributed by atoms with van der Waals surface area (Å²) in [7, 11) is 0. The number of ketones is 1. The Balaban J connectivity index is 1.81. The van der Waals surface area contributed by atoms with Crippen molar-refractivity contribution in [3.8, 4) is 0 Å². The predicted octanol–water partition coefficient (Wildman–Crippen LogP) is 3.65. The maximum absolute atomic E-state index is 11.7. The first kappa shape index (κ1) is 11.4. The topological polar surface area (TPSA) is 17.1 Å². The Labute approximate surface area is 104 Å². The smallest absolute Gasteiger partial charge is 0.147 e. The molecule has 2 aromatic rings. The van der Waals surface area contributed by atoms with Gasteiger partial charge in [-0.05, 0) is 17.0 Å². The largest absolute Gasteiger partial charge is 0.298 e. The highest BCUT2D eigenvalue weighted by atomic mass is 32.2. The van der Waals surface area contributed by atoms with E-state index in [9.17, 15) is 4.79 Å². The molecule has 0 radical (unpaired) electrons. The van der Waals surface area contributed by atoms with Crippen molar-refractivity contribution < 1.29 is 4.79 Å². The van der Waals surface area contributed by atoms with E-state index in [1.54, 1.807) is 23.1 Å². The lowest BCUT2D eigenvalue weighted by Crippen LogP contribution is -2.05. The summed E-state index contributed by atoms with van der Waals surface area (Å²) in [6, 6.07) is 13.9. The molecule has 2 rings (SSSR count). The summed E-state index contributed by atoms with van der Waals surface area (Å²) in [5.74, 6) is 0.847. The third-order valence-corrected chi connectivity index (χ3v) is 4.31. The monoisotopic (exact) mass is 248 g/mol. The molecule has 1 aromatic carbocycles. The first-order valence-electron chi connectivity index (χ1n) is 5.06. The number of thioether (sulfide) groups is 1. The van der Waals surface area contributed by atoms with Crippen LogP contribution in [0.1, 0.15) is 5.56 Å². The van der Waals surface area contributed by atoms with E-state index >= 15 is 0 Å². The zero-order chi connectivity index (χ0) is 11.2. The van der Waals surface area contributed by atoms with Crippen molar-refractivity contribution in [1.82, 2.24) is 0 Å². The van der Waals surface area contributed by atoms with Crippen LogP contribution in [0.4, 0.5) is 0 Å². The van der Waals surface area contributed by atoms with E-state index in [0.29, 0.717) is 12.2 Å². The number of Topliss-reactive ketones (excluding diaryl/α,β-unsaturated/α-hetero) is 1. The van der Waals surface area contributed by atoms with Crippen molar-refractivity contribution in [1.29, 1.82) is 0 Å². The Morgan fingerprint density at radius 3 is 2.62 bits per heavy atom. The van der Waals surface area contributed by atoms with Crippen molar-refractivity contribution >= 4 is 28.9 Å². The van der Waals surface area contributed by atoms with Crippen molar-refractivity contribution in [3.63, 3.8) is 0 Å². The molecule has 0 bridgehead atoms. The molecule has 0 saturated carbocycles. The van der Waals surface area contributed by atoms with Gasteiger partial charge in [-0.3, -0.25) is 4.79 Å². The van der Waals surface area contributed by atoms with E-state index in [0.717, 1.165) is 5.56 Å². The van der Waals surface area contributed by atoms with Crippen molar-refractivity contribution in [2.45, 2.75) is 10.6 Å². The second-order valence-corrected chi connectivity index (χ2v) is 5.65. The number of hydrogen-bond donors (Lipinski definition) is 0. The third-order valence-electron chi connectivity index (χ3n) is 2.11. The Hall–Kier alpha value is -1.06. The van der Waals surface area contributed by atoms with Gasteiger partial charge in [-0.1, -0.05) is 36.4 Å². The summed E-state index contributed by atoms with van der Waals surface area (Å²) in [6.07, 6.45) is 0.541. The van der Waals surface area contributed by atoms with E-state index in [1.807, 2.05) is 47.8 Å². The maximum Gasteiger partial charge on any atom is 0.147 e. The fourth-order valence-electron chi connectivity index (χ4n) is 1.37. The summed E-state index contributed by atoms with van der Waals surface area (Å²) >= 11 is 3.31. The van der Waals surface area contributed by atoms with Crippen LogP contribution < -0.4 is 0 Å². The van der Waals surface area contributed by atoms with Gasteiger partial charge in [0.2, 0.25) is 0 Å². The summed E-state index contributed by atoms with van der Waals surface area (Å²) in [5.41, 5.74) is 1.10. The van der Waals surface area contributed by atoms with Crippen molar-refractivity contribution in [2.24, 2.45) is 0 Å². The summed E-state index contributed by atoms with van der Waals surface area (Å²) in [6.45, 7) is 0. The molecule has 0 unspecified atom stereocenters. The van der Waals surface area contributed by atoms with Gasteiger partial charge >= 0.3 is 0 Å². The molecule has 1 aromatic heterocycles. The Kier molecular flexibility index (Phi) is 4.19. The van der Waals surface area contributed by atoms with Crippen LogP contribution >= 0.6 is 23.1 Å². The number of benzene rings is 1. The average molecular weight is 248 g/mol. The quantitative estimate of drug-likeness (QED) is 0.751. The molecule has 0 amide bonds. The van der Waals surface area contributed by atoms with Crippen LogP contribution in [0.3, 0.4) is 0 Å². The Bertz CT molecular complexity index is 434. The Morgan fingerprint density at radius 2 is 1.94 bits per heavy atom. The highest BCUT2D eigenvalue weighted by Gasteiger charge is 2.04. The highest BCUT2D eigenvalue weighted by Crippen LogP contribution is 2.23. The van der Waals surface area contributed by atoms with Crippen LogP contribution in [0, 0.1) is 0 Å². The fraction of sp³-hybridized carbons (Fsp3) is 0.154. The lowest BCUT2D eigenvalue weighted by Gasteiger charge is -1.99. The van der Waals surface area contributed by atoms with Crippen LogP contribution in [0.5, 0.6) is 0 Å². The van der Waals surface area contributed by atoms with Gasteiger partial charge in [-0.25, -0.2) is 0 Å². The summed E-state index contributed by atoms with van der Waals surface area (Å²) in [4.78, 5) is 11.7. The molecule has 1 nitrogen and oxygen atoms in total. The van der Waals surface area contributed by atoms with Gasteiger partial charge in [-0.15, -0.1) is 23.1 Å². The lowest BCUT2D eigenvalue weighted by molar-refractivity contribution is -0.116. The average Bonchev–Trinajstić information content (AvgIpc) is 2.81. The van der Waals surface area contributed by atoms with E-state index in [2.05, 4.69) is 0 Å². The van der Waals surface area contributed by atoms with Gasteiger partial charge in [0.05, 0.1) is 9.96 Å². The molecule has 3 heteroatoms. The minimum absolute atomic E-state index is 0.282. The number of rotatable bonds is 5. The minimum atomic E-state index is 0.282. The number of carbonyl (C=O) groups excluding carboxylic acids is 1. The molecular formula is C13H12OS2. The van der Waals surface area contributed by atoms with Crippen LogP contribution in [0.2, 0.25) is 0 Å². The third kappa shape index (κ3) is 3.51. The zero-order valence-electron chi connectivity index (χ0n) is 8.76. The van der Waals surface area contributed by atoms with E-state index in [-0.39, 0.29) is 5.78 Å². The molecular weight excluding hydrogens is 236 g/mol. The standard InChI is InChI=1S/C13H12OS2/c14-12(9-11-5-2-1-3-6-11)10-16-13-7-4-8-15-13/h1-8H,9-10H2. The second kappa shape index (κ2) is 5.87. The van der Waals surface area contributed by atoms with E-state index in [1.165, 1.54) is 4.21 Å². The molecule has 82 valence electrons. The first-order chi connectivity index (χ1) is 7.84. The van der Waals surface area contributed by atoms with Gasteiger partial charge in [0, 0.05) is 6.42 Å². The Morgan fingerprint density at radius 1 is 1.12 bits per heavy atom. The van der Waals surface area contributed by atoms with Crippen LogP contribution in [0.15, 0.2) is 52.1 Å². The molecule has 16 heavy (non-hydrogen) atoms. The molecule has 1 heterocycles. The zero-order valence-corrected chi connectivity index (χ0v) is 10.4. The van der Waals surface area contributed by atoms with Crippen LogP contribution in [-0.4, -0.2) is 11.5 Å². The number of hydrogen-bond acceptors (Lipinski definition) is 3. The first-order valence-corrected chi connectivity index (χ1v) is 6.93. The second-order valence-electron chi connectivity index (χ2n) is 3.42. The molecule has 0 atom stereocenters. The fourth-order valence-corrected chi connectivity index (χ4v) is 3.02. The molecule has 0 fully saturated rings. The van der Waals surface area contributed by atoms with Crippen LogP contribution in [0.25, 0.3) is 0 Å². The number of carbonyl (C=O) groups is 1.